The molecule has 1 aliphatic rings. The number of fused-ring (bicyclic) bond motifs is 2. The number of likely N-dealkylation sites (tertiary alicyclic amines) is 1. The van der Waals surface area contributed by atoms with Crippen molar-refractivity contribution >= 4 is 51.3 Å². The second kappa shape index (κ2) is 9.37. The van der Waals surface area contributed by atoms with Gasteiger partial charge < -0.3 is 15.4 Å². The number of amides is 1. The fourth-order valence-electron chi connectivity index (χ4n) is 4.12. The normalized spacial score (nSPS) is 14.0. The second-order valence-electron chi connectivity index (χ2n) is 8.46. The Morgan fingerprint density at radius 2 is 2.08 bits per heavy atom. The molecule has 0 radical (unpaired) electrons. The number of carboxylic acid groups (broad SMARTS) is 1. The van der Waals surface area contributed by atoms with E-state index in [0.29, 0.717) is 46.1 Å². The second-order valence-corrected chi connectivity index (χ2v) is 8.89. The van der Waals surface area contributed by atoms with Gasteiger partial charge in [0, 0.05) is 29.7 Å². The van der Waals surface area contributed by atoms with Crippen LogP contribution in [-0.4, -0.2) is 78.6 Å². The molecule has 5 rings (SSSR count). The Balaban J connectivity index is 1.38. The first-order valence-electron chi connectivity index (χ1n) is 11.0. The Hall–Kier alpha value is -4.34. The van der Waals surface area contributed by atoms with Gasteiger partial charge in [0.05, 0.1) is 42.4 Å². The zero-order valence-electron chi connectivity index (χ0n) is 18.7. The molecule has 36 heavy (non-hydrogen) atoms. The van der Waals surface area contributed by atoms with Gasteiger partial charge in [0.2, 0.25) is 0 Å². The summed E-state index contributed by atoms with van der Waals surface area (Å²) in [5.74, 6) is -1.77. The number of carboxylic acids is 1. The van der Waals surface area contributed by atoms with E-state index in [2.05, 4.69) is 31.4 Å². The Kier molecular flexibility index (Phi) is 6.09. The molecule has 1 aliphatic heterocycles. The summed E-state index contributed by atoms with van der Waals surface area (Å²) >= 11 is 6.10. The van der Waals surface area contributed by atoms with Crippen LogP contribution in [0, 0.1) is 17.2 Å². The van der Waals surface area contributed by atoms with Crippen molar-refractivity contribution in [3.05, 3.63) is 41.2 Å². The molecular formula is C23H19ClN8O4. The van der Waals surface area contributed by atoms with Crippen LogP contribution in [0.25, 0.3) is 33.5 Å². The molecule has 0 bridgehead atoms. The van der Waals surface area contributed by atoms with Crippen LogP contribution in [0.15, 0.2) is 30.6 Å². The number of H-pyrrole nitrogens is 1. The predicted molar refractivity (Wildman–Crippen MR) is 128 cm³/mol. The van der Waals surface area contributed by atoms with Crippen molar-refractivity contribution in [3.63, 3.8) is 0 Å². The molecule has 0 aliphatic carbocycles. The summed E-state index contributed by atoms with van der Waals surface area (Å²) in [6.45, 7) is 0.761. The van der Waals surface area contributed by atoms with E-state index < -0.39 is 11.9 Å². The van der Waals surface area contributed by atoms with Crippen molar-refractivity contribution in [1.29, 1.82) is 5.26 Å². The maximum absolute atomic E-state index is 12.8. The van der Waals surface area contributed by atoms with Crippen LogP contribution in [0.2, 0.25) is 5.02 Å². The number of halogens is 1. The highest BCUT2D eigenvalue weighted by atomic mass is 35.5. The zero-order chi connectivity index (χ0) is 25.4. The van der Waals surface area contributed by atoms with Gasteiger partial charge in [-0.15, -0.1) is 0 Å². The summed E-state index contributed by atoms with van der Waals surface area (Å²) < 4.78 is 1.32. The molecule has 4 heterocycles. The van der Waals surface area contributed by atoms with Crippen molar-refractivity contribution in [2.75, 3.05) is 26.2 Å². The molecule has 0 unspecified atom stereocenters. The van der Waals surface area contributed by atoms with Crippen molar-refractivity contribution < 1.29 is 19.5 Å². The highest BCUT2D eigenvalue weighted by molar-refractivity contribution is 6.31. The number of aliphatic carboxylic acids is 1. The molecule has 182 valence electrons. The highest BCUT2D eigenvalue weighted by Gasteiger charge is 2.28. The number of nitrogens with one attached hydrogen (secondary N) is 2. The number of aromatic nitrogens is 5. The topological polar surface area (TPSA) is 170 Å². The highest BCUT2D eigenvalue weighted by Crippen LogP contribution is 2.30. The SMILES string of the molecule is N#CC1CN(CC(=O)CNC(=O)c2c[nH]c3ncc(-c4nn(CC(=O)O)c5cc(Cl)ccc45)nc23)C1. The average Bonchev–Trinajstić information content (AvgIpc) is 3.40. The molecule has 13 heteroatoms. The molecule has 1 saturated heterocycles. The Labute approximate surface area is 208 Å². The molecule has 0 spiro atoms. The third kappa shape index (κ3) is 4.49. The van der Waals surface area contributed by atoms with E-state index >= 15 is 0 Å². The number of carbonyl (C=O) groups is 3. The molecule has 1 aromatic carbocycles. The zero-order valence-corrected chi connectivity index (χ0v) is 19.5. The van der Waals surface area contributed by atoms with Crippen molar-refractivity contribution in [3.8, 4) is 17.5 Å². The minimum Gasteiger partial charge on any atom is -0.480 e. The number of carbonyl (C=O) groups excluding carboxylic acids is 2. The van der Waals surface area contributed by atoms with Gasteiger partial charge in [-0.1, -0.05) is 11.6 Å². The number of Topliss-reactive ketones (excluding diaryl/α,β-unsaturated/α-hetero) is 1. The lowest BCUT2D eigenvalue weighted by atomic mass is 10.0. The molecule has 1 amide bonds. The van der Waals surface area contributed by atoms with Gasteiger partial charge in [-0.2, -0.15) is 10.4 Å². The van der Waals surface area contributed by atoms with E-state index in [1.54, 1.807) is 18.2 Å². The quantitative estimate of drug-likeness (QED) is 0.320. The van der Waals surface area contributed by atoms with Crippen molar-refractivity contribution in [2.45, 2.75) is 6.54 Å². The maximum Gasteiger partial charge on any atom is 0.325 e. The third-order valence-electron chi connectivity index (χ3n) is 5.85. The van der Waals surface area contributed by atoms with E-state index in [9.17, 15) is 19.5 Å². The lowest BCUT2D eigenvalue weighted by Gasteiger charge is -2.34. The molecule has 12 nitrogen and oxygen atoms in total. The van der Waals surface area contributed by atoms with Crippen LogP contribution in [0.4, 0.5) is 0 Å². The van der Waals surface area contributed by atoms with Crippen molar-refractivity contribution in [1.82, 2.24) is 34.9 Å². The first-order valence-corrected chi connectivity index (χ1v) is 11.3. The number of nitriles is 1. The van der Waals surface area contributed by atoms with Crippen LogP contribution < -0.4 is 5.32 Å². The summed E-state index contributed by atoms with van der Waals surface area (Å²) in [5.41, 5.74) is 2.12. The van der Waals surface area contributed by atoms with Crippen LogP contribution >= 0.6 is 11.6 Å². The lowest BCUT2D eigenvalue weighted by Crippen LogP contribution is -2.49. The average molecular weight is 507 g/mol. The van der Waals surface area contributed by atoms with Gasteiger partial charge in [0.25, 0.3) is 5.91 Å². The fourth-order valence-corrected chi connectivity index (χ4v) is 4.29. The van der Waals surface area contributed by atoms with Crippen molar-refractivity contribution in [2.24, 2.45) is 5.92 Å². The summed E-state index contributed by atoms with van der Waals surface area (Å²) in [6, 6.07) is 7.16. The molecule has 3 N–H and O–H groups in total. The Morgan fingerprint density at radius 1 is 1.28 bits per heavy atom. The van der Waals surface area contributed by atoms with Crippen LogP contribution in [0.1, 0.15) is 10.4 Å². The first kappa shape index (κ1) is 23.4. The van der Waals surface area contributed by atoms with Gasteiger partial charge in [-0.25, -0.2) is 9.97 Å². The van der Waals surface area contributed by atoms with E-state index in [1.165, 1.54) is 17.1 Å². The summed E-state index contributed by atoms with van der Waals surface area (Å²) in [5, 5.41) is 26.2. The van der Waals surface area contributed by atoms with Crippen LogP contribution in [0.3, 0.4) is 0 Å². The molecule has 4 aromatic rings. The van der Waals surface area contributed by atoms with E-state index in [-0.39, 0.29) is 42.4 Å². The fraction of sp³-hybridized carbons (Fsp3) is 0.261. The molecule has 0 atom stereocenters. The van der Waals surface area contributed by atoms with Crippen LogP contribution in [0.5, 0.6) is 0 Å². The summed E-state index contributed by atoms with van der Waals surface area (Å²) in [6.07, 6.45) is 2.94. The minimum atomic E-state index is -1.06. The lowest BCUT2D eigenvalue weighted by molar-refractivity contribution is -0.137. The van der Waals surface area contributed by atoms with E-state index in [0.717, 1.165) is 0 Å². The molecule has 0 saturated carbocycles. The summed E-state index contributed by atoms with van der Waals surface area (Å²) in [7, 11) is 0. The van der Waals surface area contributed by atoms with E-state index in [1.807, 2.05) is 4.90 Å². The Bertz CT molecular complexity index is 1560. The predicted octanol–water partition coefficient (Wildman–Crippen LogP) is 1.47. The molecule has 3 aromatic heterocycles. The number of rotatable bonds is 8. The minimum absolute atomic E-state index is 0.0454. The number of ketones is 1. The van der Waals surface area contributed by atoms with E-state index in [4.69, 9.17) is 16.9 Å². The number of nitrogens with zero attached hydrogens (tertiary/aromatic N) is 6. The third-order valence-corrected chi connectivity index (χ3v) is 6.09. The monoisotopic (exact) mass is 506 g/mol. The molecule has 1 fully saturated rings. The number of aromatic amines is 1. The maximum atomic E-state index is 12.8. The number of hydrogen-bond donors (Lipinski definition) is 3. The number of benzene rings is 1. The van der Waals surface area contributed by atoms with Gasteiger partial charge in [0.1, 0.15) is 23.4 Å². The number of hydrogen-bond acceptors (Lipinski definition) is 8. The van der Waals surface area contributed by atoms with Gasteiger partial charge in [0.15, 0.2) is 11.4 Å². The van der Waals surface area contributed by atoms with Crippen LogP contribution in [-0.2, 0) is 16.1 Å². The Morgan fingerprint density at radius 3 is 2.83 bits per heavy atom. The van der Waals surface area contributed by atoms with Gasteiger partial charge in [-0.05, 0) is 18.2 Å². The van der Waals surface area contributed by atoms with Gasteiger partial charge in [-0.3, -0.25) is 24.0 Å². The summed E-state index contributed by atoms with van der Waals surface area (Å²) in [4.78, 5) is 50.0. The largest absolute Gasteiger partial charge is 0.480 e. The first-order chi connectivity index (χ1) is 17.3. The standard InChI is InChI=1S/C23H19ClN8O4/c24-13-1-2-15-18(3-13)32(11-19(34)35)30-20(15)17-7-27-22-21(29-17)16(6-26-22)23(36)28-5-14(33)10-31-8-12(4-25)9-31/h1-3,6-7,12H,5,8-11H2,(H,26,27)(H,28,36)(H,34,35). The van der Waals surface area contributed by atoms with Gasteiger partial charge >= 0.3 is 5.97 Å². The smallest absolute Gasteiger partial charge is 0.325 e. The molecular weight excluding hydrogens is 488 g/mol.